The van der Waals surface area contributed by atoms with E-state index in [-0.39, 0.29) is 11.6 Å². The fourth-order valence-electron chi connectivity index (χ4n) is 3.83. The third kappa shape index (κ3) is 2.50. The molecule has 1 aromatic heterocycles. The van der Waals surface area contributed by atoms with Crippen LogP contribution in [0.25, 0.3) is 5.69 Å². The monoisotopic (exact) mass is 343 g/mol. The lowest BCUT2D eigenvalue weighted by molar-refractivity contribution is -0.141. The van der Waals surface area contributed by atoms with E-state index in [1.165, 1.54) is 15.6 Å². The lowest BCUT2D eigenvalue weighted by Gasteiger charge is -2.20. The fraction of sp³-hybridized carbons (Fsp3) is 0.389. The van der Waals surface area contributed by atoms with Crippen LogP contribution in [0.1, 0.15) is 41.0 Å². The van der Waals surface area contributed by atoms with Gasteiger partial charge in [0.25, 0.3) is 5.91 Å². The quantitative estimate of drug-likeness (QED) is 0.927. The average molecular weight is 343 g/mol. The van der Waals surface area contributed by atoms with Crippen molar-refractivity contribution >= 4 is 11.9 Å². The molecular weight excluding hydrogens is 325 g/mol. The van der Waals surface area contributed by atoms with E-state index in [4.69, 9.17) is 0 Å². The van der Waals surface area contributed by atoms with Crippen LogP contribution in [0.2, 0.25) is 0 Å². The lowest BCUT2D eigenvalue weighted by atomic mass is 10.1. The molecule has 4 rings (SSSR count). The van der Waals surface area contributed by atoms with Crippen molar-refractivity contribution in [3.05, 3.63) is 47.0 Å². The third-order valence-corrected chi connectivity index (χ3v) is 5.01. The second-order valence-corrected chi connectivity index (χ2v) is 6.49. The normalized spacial score (nSPS) is 19.2. The number of amides is 1. The minimum absolute atomic E-state index is 0.268. The number of aliphatic carboxylic acids is 1. The second-order valence-electron chi connectivity index (χ2n) is 6.49. The van der Waals surface area contributed by atoms with Crippen LogP contribution in [0.5, 0.6) is 0 Å². The highest BCUT2D eigenvalue weighted by molar-refractivity contribution is 5.97. The molecule has 1 saturated heterocycles. The number of carboxylic acid groups (broad SMARTS) is 1. The van der Waals surface area contributed by atoms with Gasteiger partial charge in [-0.15, -0.1) is 0 Å². The maximum Gasteiger partial charge on any atom is 0.326 e. The summed E-state index contributed by atoms with van der Waals surface area (Å²) in [6.45, 7) is 0.414. The SMILES string of the molecule is O=C(O)[C@H]1CCCN1C(=O)c1nn(-c2ccccc2F)c2c1CCC2. The summed E-state index contributed by atoms with van der Waals surface area (Å²) in [5, 5.41) is 13.7. The van der Waals surface area contributed by atoms with Gasteiger partial charge in [0, 0.05) is 17.8 Å². The lowest BCUT2D eigenvalue weighted by Crippen LogP contribution is -2.40. The molecule has 7 heteroatoms. The van der Waals surface area contributed by atoms with Gasteiger partial charge in [0.15, 0.2) is 5.69 Å². The Kier molecular flexibility index (Phi) is 3.78. The summed E-state index contributed by atoms with van der Waals surface area (Å²) in [4.78, 5) is 25.7. The first-order valence-electron chi connectivity index (χ1n) is 8.47. The van der Waals surface area contributed by atoms with Crippen molar-refractivity contribution in [2.75, 3.05) is 6.54 Å². The minimum Gasteiger partial charge on any atom is -0.480 e. The molecule has 1 aliphatic heterocycles. The smallest absolute Gasteiger partial charge is 0.326 e. The molecule has 1 aromatic carbocycles. The van der Waals surface area contributed by atoms with Crippen LogP contribution in [0, 0.1) is 5.82 Å². The van der Waals surface area contributed by atoms with E-state index in [2.05, 4.69) is 5.10 Å². The molecule has 2 aliphatic rings. The van der Waals surface area contributed by atoms with Crippen molar-refractivity contribution in [1.82, 2.24) is 14.7 Å². The predicted molar refractivity (Wildman–Crippen MR) is 87.2 cm³/mol. The summed E-state index contributed by atoms with van der Waals surface area (Å²) >= 11 is 0. The molecule has 1 N–H and O–H groups in total. The van der Waals surface area contributed by atoms with Gasteiger partial charge in [-0.3, -0.25) is 4.79 Å². The maximum atomic E-state index is 14.2. The summed E-state index contributed by atoms with van der Waals surface area (Å²) in [5.74, 6) is -1.75. The van der Waals surface area contributed by atoms with Crippen molar-refractivity contribution in [3.63, 3.8) is 0 Å². The fourth-order valence-corrected chi connectivity index (χ4v) is 3.83. The molecule has 0 saturated carbocycles. The molecule has 0 unspecified atom stereocenters. The van der Waals surface area contributed by atoms with E-state index >= 15 is 0 Å². The number of hydrogen-bond acceptors (Lipinski definition) is 3. The number of benzene rings is 1. The Labute approximate surface area is 143 Å². The largest absolute Gasteiger partial charge is 0.480 e. The Balaban J connectivity index is 1.77. The van der Waals surface area contributed by atoms with E-state index in [9.17, 15) is 19.1 Å². The van der Waals surface area contributed by atoms with E-state index < -0.39 is 17.8 Å². The average Bonchev–Trinajstić information content (AvgIpc) is 3.31. The molecule has 0 radical (unpaired) electrons. The number of nitrogens with zero attached hydrogens (tertiary/aromatic N) is 3. The van der Waals surface area contributed by atoms with Crippen molar-refractivity contribution in [3.8, 4) is 5.69 Å². The van der Waals surface area contributed by atoms with Crippen molar-refractivity contribution < 1.29 is 19.1 Å². The molecule has 0 bridgehead atoms. The highest BCUT2D eigenvalue weighted by atomic mass is 19.1. The Hall–Kier alpha value is -2.70. The van der Waals surface area contributed by atoms with Crippen molar-refractivity contribution in [2.24, 2.45) is 0 Å². The van der Waals surface area contributed by atoms with Crippen molar-refractivity contribution in [2.45, 2.75) is 38.1 Å². The Morgan fingerprint density at radius 3 is 2.76 bits per heavy atom. The van der Waals surface area contributed by atoms with Crippen LogP contribution in [-0.4, -0.2) is 44.3 Å². The number of likely N-dealkylation sites (tertiary alicyclic amines) is 1. The van der Waals surface area contributed by atoms with Crippen LogP contribution >= 0.6 is 0 Å². The summed E-state index contributed by atoms with van der Waals surface area (Å²) in [6.07, 6.45) is 3.43. The second kappa shape index (κ2) is 5.98. The molecule has 0 spiro atoms. The molecule has 1 amide bonds. The van der Waals surface area contributed by atoms with Gasteiger partial charge in [0.1, 0.15) is 17.5 Å². The zero-order valence-corrected chi connectivity index (χ0v) is 13.6. The number of carbonyl (C=O) groups is 2. The van der Waals surface area contributed by atoms with Gasteiger partial charge in [0.2, 0.25) is 0 Å². The van der Waals surface area contributed by atoms with Crippen LogP contribution in [0.3, 0.4) is 0 Å². The molecule has 1 aliphatic carbocycles. The maximum absolute atomic E-state index is 14.2. The minimum atomic E-state index is -0.990. The molecule has 2 aromatic rings. The van der Waals surface area contributed by atoms with Gasteiger partial charge in [-0.05, 0) is 44.2 Å². The summed E-state index contributed by atoms with van der Waals surface area (Å²) in [5.41, 5.74) is 2.25. The number of rotatable bonds is 3. The summed E-state index contributed by atoms with van der Waals surface area (Å²) in [6, 6.07) is 5.52. The number of carbonyl (C=O) groups excluding carboxylic acids is 1. The Morgan fingerprint density at radius 2 is 2.00 bits per heavy atom. The van der Waals surface area contributed by atoms with Gasteiger partial charge in [0.05, 0.1) is 0 Å². The molecule has 2 heterocycles. The molecular formula is C18H18FN3O3. The topological polar surface area (TPSA) is 75.4 Å². The van der Waals surface area contributed by atoms with E-state index in [1.54, 1.807) is 18.2 Å². The van der Waals surface area contributed by atoms with Gasteiger partial charge >= 0.3 is 5.97 Å². The van der Waals surface area contributed by atoms with Crippen LogP contribution < -0.4 is 0 Å². The number of para-hydroxylation sites is 1. The Morgan fingerprint density at radius 1 is 1.20 bits per heavy atom. The molecule has 130 valence electrons. The zero-order chi connectivity index (χ0) is 17.6. The van der Waals surface area contributed by atoms with Crippen molar-refractivity contribution in [1.29, 1.82) is 0 Å². The number of fused-ring (bicyclic) bond motifs is 1. The highest BCUT2D eigenvalue weighted by Crippen LogP contribution is 2.30. The number of aromatic nitrogens is 2. The first kappa shape index (κ1) is 15.8. The highest BCUT2D eigenvalue weighted by Gasteiger charge is 2.38. The molecule has 25 heavy (non-hydrogen) atoms. The number of halogens is 1. The Bertz CT molecular complexity index is 861. The number of hydrogen-bond donors (Lipinski definition) is 1. The molecule has 6 nitrogen and oxygen atoms in total. The summed E-state index contributed by atoms with van der Waals surface area (Å²) < 4.78 is 15.7. The van der Waals surface area contributed by atoms with Gasteiger partial charge < -0.3 is 10.0 Å². The van der Waals surface area contributed by atoms with Gasteiger partial charge in [-0.1, -0.05) is 12.1 Å². The number of carboxylic acids is 1. The first-order valence-corrected chi connectivity index (χ1v) is 8.47. The standard InChI is InChI=1S/C18H18FN3O3/c19-12-6-1-2-7-14(12)22-13-8-3-5-11(13)16(20-22)17(23)21-10-4-9-15(21)18(24)25/h1-2,6-7,15H,3-5,8-10H2,(H,24,25)/t15-/m1/s1. The predicted octanol–water partition coefficient (Wildman–Crippen LogP) is 2.19. The van der Waals surface area contributed by atoms with E-state index in [1.807, 2.05) is 0 Å². The van der Waals surface area contributed by atoms with E-state index in [0.717, 1.165) is 24.1 Å². The molecule has 1 fully saturated rings. The molecule has 1 atom stereocenters. The van der Waals surface area contributed by atoms with Gasteiger partial charge in [-0.25, -0.2) is 13.9 Å². The first-order chi connectivity index (χ1) is 12.1. The van der Waals surface area contributed by atoms with E-state index in [0.29, 0.717) is 31.5 Å². The van der Waals surface area contributed by atoms with Crippen LogP contribution in [-0.2, 0) is 17.6 Å². The van der Waals surface area contributed by atoms with Crippen LogP contribution in [0.4, 0.5) is 4.39 Å². The third-order valence-electron chi connectivity index (χ3n) is 5.01. The van der Waals surface area contributed by atoms with Crippen LogP contribution in [0.15, 0.2) is 24.3 Å². The summed E-state index contributed by atoms with van der Waals surface area (Å²) in [7, 11) is 0. The zero-order valence-electron chi connectivity index (χ0n) is 13.6. The van der Waals surface area contributed by atoms with Gasteiger partial charge in [-0.2, -0.15) is 5.10 Å².